The summed E-state index contributed by atoms with van der Waals surface area (Å²) in [7, 11) is 0. The molecule has 0 unspecified atom stereocenters. The number of hydrogen-bond donors (Lipinski definition) is 1. The normalized spacial score (nSPS) is 15.8. The van der Waals surface area contributed by atoms with Gasteiger partial charge in [-0.2, -0.15) is 5.10 Å². The molecule has 1 N–H and O–H groups in total. The second-order valence-corrected chi connectivity index (χ2v) is 6.24. The minimum Gasteiger partial charge on any atom is -0.324 e. The number of terminal acetylenes is 1. The summed E-state index contributed by atoms with van der Waals surface area (Å²) in [6, 6.07) is 7.26. The van der Waals surface area contributed by atoms with Crippen LogP contribution >= 0.6 is 11.6 Å². The molecule has 0 bridgehead atoms. The number of hydrogen-bond acceptors (Lipinski definition) is 3. The summed E-state index contributed by atoms with van der Waals surface area (Å²) in [5.74, 6) is 2.66. The smallest absolute Gasteiger partial charge is 0.227 e. The van der Waals surface area contributed by atoms with E-state index < -0.39 is 0 Å². The number of likely N-dealkylation sites (tertiary alicyclic amines) is 1. The fraction of sp³-hybridized carbons (Fsp3) is 0.333. The number of anilines is 1. The molecule has 1 aliphatic rings. The summed E-state index contributed by atoms with van der Waals surface area (Å²) in [5.41, 5.74) is 1.35. The van der Waals surface area contributed by atoms with Crippen molar-refractivity contribution in [3.05, 3.63) is 41.7 Å². The summed E-state index contributed by atoms with van der Waals surface area (Å²) in [6.45, 7) is 2.35. The SMILES string of the molecule is C#CCN1CCC(C(=O)Nc2cccc(Cl)c2-n2cccn2)CC1. The molecule has 6 heteroatoms. The van der Waals surface area contributed by atoms with Crippen LogP contribution in [-0.4, -0.2) is 40.2 Å². The van der Waals surface area contributed by atoms with E-state index in [2.05, 4.69) is 21.2 Å². The number of carbonyl (C=O) groups is 1. The zero-order chi connectivity index (χ0) is 16.9. The van der Waals surface area contributed by atoms with Gasteiger partial charge in [0.2, 0.25) is 5.91 Å². The number of halogens is 1. The predicted molar refractivity (Wildman–Crippen MR) is 95.2 cm³/mol. The molecule has 2 aromatic rings. The van der Waals surface area contributed by atoms with Gasteiger partial charge in [-0.15, -0.1) is 6.42 Å². The van der Waals surface area contributed by atoms with Crippen LogP contribution < -0.4 is 5.32 Å². The highest BCUT2D eigenvalue weighted by Gasteiger charge is 2.25. The Morgan fingerprint density at radius 2 is 2.17 bits per heavy atom. The van der Waals surface area contributed by atoms with Crippen LogP contribution in [0, 0.1) is 18.3 Å². The van der Waals surface area contributed by atoms with Crippen LogP contribution in [0.15, 0.2) is 36.7 Å². The minimum absolute atomic E-state index is 0.0107. The number of rotatable bonds is 4. The van der Waals surface area contributed by atoms with Crippen molar-refractivity contribution < 1.29 is 4.79 Å². The maximum Gasteiger partial charge on any atom is 0.227 e. The quantitative estimate of drug-likeness (QED) is 0.869. The Morgan fingerprint density at radius 3 is 2.83 bits per heavy atom. The molecule has 5 nitrogen and oxygen atoms in total. The van der Waals surface area contributed by atoms with Crippen molar-refractivity contribution in [1.82, 2.24) is 14.7 Å². The predicted octanol–water partition coefficient (Wildman–Crippen LogP) is 2.81. The molecule has 24 heavy (non-hydrogen) atoms. The molecule has 0 spiro atoms. The lowest BCUT2D eigenvalue weighted by Crippen LogP contribution is -2.38. The van der Waals surface area contributed by atoms with Gasteiger partial charge in [0.25, 0.3) is 0 Å². The highest BCUT2D eigenvalue weighted by molar-refractivity contribution is 6.33. The molecule has 1 aromatic heterocycles. The molecule has 1 aliphatic heterocycles. The number of piperidine rings is 1. The number of aromatic nitrogens is 2. The lowest BCUT2D eigenvalue weighted by atomic mass is 9.96. The first-order valence-corrected chi connectivity index (χ1v) is 8.32. The zero-order valence-electron chi connectivity index (χ0n) is 13.3. The monoisotopic (exact) mass is 342 g/mol. The third-order valence-electron chi connectivity index (χ3n) is 4.25. The Kier molecular flexibility index (Phi) is 5.19. The van der Waals surface area contributed by atoms with Crippen LogP contribution in [0.1, 0.15) is 12.8 Å². The first kappa shape index (κ1) is 16.6. The van der Waals surface area contributed by atoms with E-state index in [9.17, 15) is 4.79 Å². The van der Waals surface area contributed by atoms with E-state index in [4.69, 9.17) is 18.0 Å². The Hall–Kier alpha value is -2.29. The lowest BCUT2D eigenvalue weighted by molar-refractivity contribution is -0.121. The molecule has 1 aromatic carbocycles. The molecule has 1 amide bonds. The van der Waals surface area contributed by atoms with E-state index in [0.717, 1.165) is 25.9 Å². The average Bonchev–Trinajstić information content (AvgIpc) is 3.10. The second kappa shape index (κ2) is 7.52. The highest BCUT2D eigenvalue weighted by atomic mass is 35.5. The van der Waals surface area contributed by atoms with E-state index in [0.29, 0.717) is 22.9 Å². The van der Waals surface area contributed by atoms with Crippen molar-refractivity contribution in [1.29, 1.82) is 0 Å². The lowest BCUT2D eigenvalue weighted by Gasteiger charge is -2.30. The van der Waals surface area contributed by atoms with Gasteiger partial charge in [0, 0.05) is 18.3 Å². The number of benzene rings is 1. The molecule has 124 valence electrons. The van der Waals surface area contributed by atoms with Gasteiger partial charge in [0.05, 0.1) is 17.3 Å². The molecular formula is C18H19ClN4O. The van der Waals surface area contributed by atoms with Gasteiger partial charge in [-0.1, -0.05) is 23.6 Å². The Balaban J connectivity index is 1.72. The van der Waals surface area contributed by atoms with Crippen LogP contribution in [0.2, 0.25) is 5.02 Å². The fourth-order valence-electron chi connectivity index (χ4n) is 2.97. The summed E-state index contributed by atoms with van der Waals surface area (Å²) >= 11 is 6.31. The van der Waals surface area contributed by atoms with E-state index in [1.165, 1.54) is 0 Å². The number of amides is 1. The van der Waals surface area contributed by atoms with Gasteiger partial charge < -0.3 is 5.32 Å². The summed E-state index contributed by atoms with van der Waals surface area (Å²) in [6.07, 6.45) is 10.4. The van der Waals surface area contributed by atoms with Crippen LogP contribution in [0.5, 0.6) is 0 Å². The first-order valence-electron chi connectivity index (χ1n) is 7.94. The highest BCUT2D eigenvalue weighted by Crippen LogP contribution is 2.29. The van der Waals surface area contributed by atoms with Crippen LogP contribution in [0.25, 0.3) is 5.69 Å². The summed E-state index contributed by atoms with van der Waals surface area (Å²) < 4.78 is 1.66. The fourth-order valence-corrected chi connectivity index (χ4v) is 3.23. The van der Waals surface area contributed by atoms with Crippen LogP contribution in [0.3, 0.4) is 0 Å². The third-order valence-corrected chi connectivity index (χ3v) is 4.56. The minimum atomic E-state index is -0.0107. The molecule has 0 saturated carbocycles. The third kappa shape index (κ3) is 3.61. The topological polar surface area (TPSA) is 50.2 Å². The largest absolute Gasteiger partial charge is 0.324 e. The van der Waals surface area contributed by atoms with Gasteiger partial charge in [0.15, 0.2) is 0 Å². The van der Waals surface area contributed by atoms with E-state index in [1.54, 1.807) is 23.1 Å². The van der Waals surface area contributed by atoms with Gasteiger partial charge in [-0.25, -0.2) is 4.68 Å². The van der Waals surface area contributed by atoms with Crippen molar-refractivity contribution in [3.63, 3.8) is 0 Å². The molecule has 1 saturated heterocycles. The average molecular weight is 343 g/mol. The van der Waals surface area contributed by atoms with Crippen LogP contribution in [-0.2, 0) is 4.79 Å². The molecule has 2 heterocycles. The second-order valence-electron chi connectivity index (χ2n) is 5.83. The summed E-state index contributed by atoms with van der Waals surface area (Å²) in [4.78, 5) is 14.8. The van der Waals surface area contributed by atoms with Crippen molar-refractivity contribution >= 4 is 23.2 Å². The van der Waals surface area contributed by atoms with E-state index in [1.807, 2.05) is 18.2 Å². The van der Waals surface area contributed by atoms with Crippen molar-refractivity contribution in [2.75, 3.05) is 25.0 Å². The van der Waals surface area contributed by atoms with Gasteiger partial charge in [-0.05, 0) is 44.1 Å². The molecule has 0 aliphatic carbocycles. The summed E-state index contributed by atoms with van der Waals surface area (Å²) in [5, 5.41) is 7.77. The van der Waals surface area contributed by atoms with Gasteiger partial charge in [0.1, 0.15) is 5.69 Å². The van der Waals surface area contributed by atoms with E-state index in [-0.39, 0.29) is 11.8 Å². The number of carbonyl (C=O) groups excluding carboxylic acids is 1. The van der Waals surface area contributed by atoms with Crippen molar-refractivity contribution in [3.8, 4) is 18.0 Å². The Morgan fingerprint density at radius 1 is 1.38 bits per heavy atom. The Bertz CT molecular complexity index is 743. The van der Waals surface area contributed by atoms with Gasteiger partial charge in [-0.3, -0.25) is 9.69 Å². The molecule has 1 fully saturated rings. The zero-order valence-corrected chi connectivity index (χ0v) is 14.0. The standard InChI is InChI=1S/C18H19ClN4O/c1-2-10-22-12-7-14(8-13-22)18(24)21-16-6-3-5-15(19)17(16)23-11-4-9-20-23/h1,3-6,9,11,14H,7-8,10,12-13H2,(H,21,24). The number of para-hydroxylation sites is 1. The molecule has 0 radical (unpaired) electrons. The molecular weight excluding hydrogens is 324 g/mol. The number of nitrogens with one attached hydrogen (secondary N) is 1. The van der Waals surface area contributed by atoms with Crippen molar-refractivity contribution in [2.45, 2.75) is 12.8 Å². The van der Waals surface area contributed by atoms with Crippen LogP contribution in [0.4, 0.5) is 5.69 Å². The maximum absolute atomic E-state index is 12.6. The van der Waals surface area contributed by atoms with Crippen molar-refractivity contribution in [2.24, 2.45) is 5.92 Å². The van der Waals surface area contributed by atoms with E-state index >= 15 is 0 Å². The molecule has 3 rings (SSSR count). The maximum atomic E-state index is 12.6. The first-order chi connectivity index (χ1) is 11.7. The van der Waals surface area contributed by atoms with Gasteiger partial charge >= 0.3 is 0 Å². The number of nitrogens with zero attached hydrogens (tertiary/aromatic N) is 3. The molecule has 0 atom stereocenters. The Labute approximate surface area is 146 Å².